The van der Waals surface area contributed by atoms with Crippen LogP contribution in [0, 0.1) is 5.41 Å². The first-order valence-electron chi connectivity index (χ1n) is 7.07. The fraction of sp³-hybridized carbons (Fsp3) is 0.444. The third kappa shape index (κ3) is 4.11. The molecule has 0 radical (unpaired) electrons. The van der Waals surface area contributed by atoms with Crippen LogP contribution in [0.3, 0.4) is 0 Å². The third-order valence-corrected chi connectivity index (χ3v) is 3.90. The smallest absolute Gasteiger partial charge is 0.156 e. The quantitative estimate of drug-likeness (QED) is 0.638. The van der Waals surface area contributed by atoms with Crippen molar-refractivity contribution >= 4 is 11.6 Å². The van der Waals surface area contributed by atoms with Crippen molar-refractivity contribution in [2.45, 2.75) is 46.6 Å². The highest BCUT2D eigenvalue weighted by Crippen LogP contribution is 2.44. The molecule has 0 amide bonds. The van der Waals surface area contributed by atoms with E-state index in [9.17, 15) is 14.7 Å². The fourth-order valence-corrected chi connectivity index (χ4v) is 2.51. The Morgan fingerprint density at radius 1 is 1.29 bits per heavy atom. The SMILES string of the molecule is CC(=O)C=CC=C(C)/C=C/[C@@]1(O)C(C)=CC(=O)CC1(C)C. The molecule has 3 nitrogen and oxygen atoms in total. The summed E-state index contributed by atoms with van der Waals surface area (Å²) in [4.78, 5) is 22.5. The zero-order valence-corrected chi connectivity index (χ0v) is 13.4. The minimum absolute atomic E-state index is 0.00707. The van der Waals surface area contributed by atoms with E-state index in [1.165, 1.54) is 19.1 Å². The van der Waals surface area contributed by atoms with Crippen molar-refractivity contribution in [3.05, 3.63) is 47.6 Å². The number of carbonyl (C=O) groups is 2. The van der Waals surface area contributed by atoms with E-state index in [4.69, 9.17) is 0 Å². The van der Waals surface area contributed by atoms with Gasteiger partial charge in [0.15, 0.2) is 11.6 Å². The number of hydrogen-bond acceptors (Lipinski definition) is 3. The number of rotatable bonds is 4. The number of ketones is 2. The predicted octanol–water partition coefficient (Wildman–Crippen LogP) is 3.31. The van der Waals surface area contributed by atoms with Gasteiger partial charge in [-0.05, 0) is 44.6 Å². The van der Waals surface area contributed by atoms with Crippen molar-refractivity contribution in [2.75, 3.05) is 0 Å². The number of aliphatic hydroxyl groups is 1. The van der Waals surface area contributed by atoms with E-state index in [-0.39, 0.29) is 11.6 Å². The topological polar surface area (TPSA) is 54.4 Å². The van der Waals surface area contributed by atoms with Gasteiger partial charge >= 0.3 is 0 Å². The summed E-state index contributed by atoms with van der Waals surface area (Å²) in [5.74, 6) is 0.0413. The van der Waals surface area contributed by atoms with Crippen LogP contribution in [0.1, 0.15) is 41.0 Å². The molecule has 114 valence electrons. The Kier molecular flexibility index (Phi) is 5.24. The average molecular weight is 288 g/mol. The summed E-state index contributed by atoms with van der Waals surface area (Å²) < 4.78 is 0. The maximum atomic E-state index is 11.7. The standard InChI is InChI=1S/C18H24O3/c1-13(7-6-8-15(3)19)9-10-18(21)14(2)11-16(20)12-17(18,4)5/h6-11,21H,12H2,1-5H3/b8-6?,10-9+,13-7?/t18-/m1/s1. The van der Waals surface area contributed by atoms with Gasteiger partial charge in [0.25, 0.3) is 0 Å². The molecule has 1 aliphatic carbocycles. The van der Waals surface area contributed by atoms with Crippen molar-refractivity contribution in [3.8, 4) is 0 Å². The minimum atomic E-state index is -1.14. The molecular formula is C18H24O3. The summed E-state index contributed by atoms with van der Waals surface area (Å²) in [6, 6.07) is 0. The zero-order valence-electron chi connectivity index (χ0n) is 13.4. The Morgan fingerprint density at radius 2 is 1.90 bits per heavy atom. The van der Waals surface area contributed by atoms with Gasteiger partial charge in [0.05, 0.1) is 0 Å². The van der Waals surface area contributed by atoms with E-state index in [1.807, 2.05) is 26.8 Å². The van der Waals surface area contributed by atoms with Crippen molar-refractivity contribution in [1.29, 1.82) is 0 Å². The maximum Gasteiger partial charge on any atom is 0.156 e. The molecule has 0 saturated heterocycles. The molecule has 3 heteroatoms. The van der Waals surface area contributed by atoms with Crippen LogP contribution in [0.4, 0.5) is 0 Å². The van der Waals surface area contributed by atoms with Crippen molar-refractivity contribution in [3.63, 3.8) is 0 Å². The number of carbonyl (C=O) groups excluding carboxylic acids is 2. The molecule has 0 saturated carbocycles. The second-order valence-electron chi connectivity index (χ2n) is 6.33. The molecule has 0 spiro atoms. The van der Waals surface area contributed by atoms with Gasteiger partial charge in [0.2, 0.25) is 0 Å². The zero-order chi connectivity index (χ0) is 16.3. The summed E-state index contributed by atoms with van der Waals surface area (Å²) in [5, 5.41) is 10.9. The molecule has 0 aromatic carbocycles. The molecule has 1 aliphatic rings. The Morgan fingerprint density at radius 3 is 2.43 bits per heavy atom. The van der Waals surface area contributed by atoms with E-state index in [1.54, 1.807) is 25.2 Å². The molecule has 0 aliphatic heterocycles. The first kappa shape index (κ1) is 17.3. The normalized spacial score (nSPS) is 26.5. The predicted molar refractivity (Wildman–Crippen MR) is 84.8 cm³/mol. The van der Waals surface area contributed by atoms with Gasteiger partial charge in [0, 0.05) is 11.8 Å². The number of allylic oxidation sites excluding steroid dienone is 6. The van der Waals surface area contributed by atoms with Gasteiger partial charge in [0.1, 0.15) is 5.60 Å². The molecule has 0 unspecified atom stereocenters. The van der Waals surface area contributed by atoms with Crippen molar-refractivity contribution in [1.82, 2.24) is 0 Å². The average Bonchev–Trinajstić information content (AvgIpc) is 2.32. The molecule has 0 aromatic rings. The van der Waals surface area contributed by atoms with Crippen LogP contribution < -0.4 is 0 Å². The highest BCUT2D eigenvalue weighted by atomic mass is 16.3. The van der Waals surface area contributed by atoms with Gasteiger partial charge < -0.3 is 5.11 Å². The van der Waals surface area contributed by atoms with Crippen LogP contribution in [-0.2, 0) is 9.59 Å². The van der Waals surface area contributed by atoms with Crippen LogP contribution in [-0.4, -0.2) is 22.3 Å². The second-order valence-corrected chi connectivity index (χ2v) is 6.33. The summed E-state index contributed by atoms with van der Waals surface area (Å²) in [7, 11) is 0. The van der Waals surface area contributed by atoms with Crippen LogP contribution in [0.5, 0.6) is 0 Å². The molecule has 0 bridgehead atoms. The maximum absolute atomic E-state index is 11.7. The highest BCUT2D eigenvalue weighted by molar-refractivity contribution is 5.92. The lowest BCUT2D eigenvalue weighted by atomic mass is 9.64. The molecule has 1 atom stereocenters. The lowest BCUT2D eigenvalue weighted by molar-refractivity contribution is -0.121. The molecule has 21 heavy (non-hydrogen) atoms. The monoisotopic (exact) mass is 288 g/mol. The fourth-order valence-electron chi connectivity index (χ4n) is 2.51. The Bertz CT molecular complexity index is 559. The van der Waals surface area contributed by atoms with Gasteiger partial charge in [-0.2, -0.15) is 0 Å². The van der Waals surface area contributed by atoms with Gasteiger partial charge in [-0.3, -0.25) is 9.59 Å². The third-order valence-electron chi connectivity index (χ3n) is 3.90. The summed E-state index contributed by atoms with van der Waals surface area (Å²) in [6.45, 7) is 8.94. The summed E-state index contributed by atoms with van der Waals surface area (Å²) in [5.41, 5.74) is -0.108. The van der Waals surface area contributed by atoms with Crippen LogP contribution in [0.2, 0.25) is 0 Å². The van der Waals surface area contributed by atoms with Gasteiger partial charge in [-0.25, -0.2) is 0 Å². The lowest BCUT2D eigenvalue weighted by Gasteiger charge is -2.44. The van der Waals surface area contributed by atoms with Crippen LogP contribution in [0.25, 0.3) is 0 Å². The largest absolute Gasteiger partial charge is 0.381 e. The Labute approximate surface area is 126 Å². The van der Waals surface area contributed by atoms with Gasteiger partial charge in [-0.15, -0.1) is 0 Å². The lowest BCUT2D eigenvalue weighted by Crippen LogP contribution is -2.48. The van der Waals surface area contributed by atoms with Crippen molar-refractivity contribution < 1.29 is 14.7 Å². The van der Waals surface area contributed by atoms with E-state index in [0.717, 1.165) is 5.57 Å². The van der Waals surface area contributed by atoms with Crippen LogP contribution >= 0.6 is 0 Å². The van der Waals surface area contributed by atoms with Gasteiger partial charge in [-0.1, -0.05) is 37.6 Å². The van der Waals surface area contributed by atoms with E-state index in [2.05, 4.69) is 0 Å². The highest BCUT2D eigenvalue weighted by Gasteiger charge is 2.46. The summed E-state index contributed by atoms with van der Waals surface area (Å²) in [6.07, 6.45) is 10.4. The second kappa shape index (κ2) is 6.35. The van der Waals surface area contributed by atoms with E-state index in [0.29, 0.717) is 12.0 Å². The first-order chi connectivity index (χ1) is 9.58. The molecular weight excluding hydrogens is 264 g/mol. The molecule has 1 rings (SSSR count). The molecule has 0 aromatic heterocycles. The molecule has 0 heterocycles. The van der Waals surface area contributed by atoms with Crippen LogP contribution in [0.15, 0.2) is 47.6 Å². The Balaban J connectivity index is 3.03. The summed E-state index contributed by atoms with van der Waals surface area (Å²) >= 11 is 0. The van der Waals surface area contributed by atoms with Crippen molar-refractivity contribution in [2.24, 2.45) is 5.41 Å². The molecule has 0 fully saturated rings. The Hall–Kier alpha value is -1.74. The van der Waals surface area contributed by atoms with E-state index < -0.39 is 11.0 Å². The first-order valence-corrected chi connectivity index (χ1v) is 7.07. The van der Waals surface area contributed by atoms with E-state index >= 15 is 0 Å². The number of hydrogen-bond donors (Lipinski definition) is 1. The molecule has 1 N–H and O–H groups in total. The minimum Gasteiger partial charge on any atom is -0.381 e.